The molecule has 0 saturated carbocycles. The third kappa shape index (κ3) is 2.34. The lowest BCUT2D eigenvalue weighted by Crippen LogP contribution is -2.14. The van der Waals surface area contributed by atoms with Crippen LogP contribution in [0.5, 0.6) is 11.5 Å². The van der Waals surface area contributed by atoms with Gasteiger partial charge in [-0.15, -0.1) is 0 Å². The third-order valence-electron chi connectivity index (χ3n) is 3.44. The van der Waals surface area contributed by atoms with E-state index in [1.54, 1.807) is 14.2 Å². The monoisotopic (exact) mass is 275 g/mol. The van der Waals surface area contributed by atoms with E-state index in [0.29, 0.717) is 23.2 Å². The molecule has 1 N–H and O–H groups in total. The number of hydrogen-bond acceptors (Lipinski definition) is 6. The van der Waals surface area contributed by atoms with Crippen LogP contribution in [0.4, 0.5) is 0 Å². The van der Waals surface area contributed by atoms with Gasteiger partial charge in [0.2, 0.25) is 0 Å². The van der Waals surface area contributed by atoms with Gasteiger partial charge in [0.05, 0.1) is 20.3 Å². The first-order chi connectivity index (χ1) is 9.81. The van der Waals surface area contributed by atoms with Gasteiger partial charge in [0.1, 0.15) is 0 Å². The van der Waals surface area contributed by atoms with Crippen LogP contribution < -0.4 is 14.8 Å². The summed E-state index contributed by atoms with van der Waals surface area (Å²) in [7, 11) is 3.21. The molecule has 1 saturated heterocycles. The van der Waals surface area contributed by atoms with E-state index in [2.05, 4.69) is 15.5 Å². The van der Waals surface area contributed by atoms with Crippen molar-refractivity contribution >= 4 is 0 Å². The maximum Gasteiger partial charge on any atom is 0.258 e. The van der Waals surface area contributed by atoms with E-state index in [-0.39, 0.29) is 6.04 Å². The van der Waals surface area contributed by atoms with E-state index in [9.17, 15) is 0 Å². The van der Waals surface area contributed by atoms with Crippen molar-refractivity contribution < 1.29 is 14.0 Å². The molecular formula is C14H17N3O3. The minimum atomic E-state index is 0.202. The zero-order chi connectivity index (χ0) is 13.9. The van der Waals surface area contributed by atoms with E-state index >= 15 is 0 Å². The molecule has 0 amide bonds. The Balaban J connectivity index is 1.88. The summed E-state index contributed by atoms with van der Waals surface area (Å²) in [5.41, 5.74) is 0.819. The number of benzene rings is 1. The highest BCUT2D eigenvalue weighted by Gasteiger charge is 2.22. The van der Waals surface area contributed by atoms with Crippen molar-refractivity contribution in [3.8, 4) is 23.0 Å². The Morgan fingerprint density at radius 3 is 2.80 bits per heavy atom. The van der Waals surface area contributed by atoms with Crippen LogP contribution in [0.3, 0.4) is 0 Å². The Bertz CT molecular complexity index is 591. The van der Waals surface area contributed by atoms with Crippen LogP contribution >= 0.6 is 0 Å². The Kier molecular flexibility index (Phi) is 3.56. The van der Waals surface area contributed by atoms with E-state index in [0.717, 1.165) is 24.9 Å². The van der Waals surface area contributed by atoms with E-state index < -0.39 is 0 Å². The first kappa shape index (κ1) is 12.9. The molecule has 6 heteroatoms. The molecule has 2 heterocycles. The minimum Gasteiger partial charge on any atom is -0.493 e. The number of rotatable bonds is 4. The topological polar surface area (TPSA) is 69.4 Å². The maximum absolute atomic E-state index is 5.34. The smallest absolute Gasteiger partial charge is 0.258 e. The normalized spacial score (nSPS) is 18.2. The molecule has 1 aromatic heterocycles. The molecule has 1 atom stereocenters. The molecule has 2 aromatic rings. The van der Waals surface area contributed by atoms with Gasteiger partial charge in [-0.3, -0.25) is 0 Å². The van der Waals surface area contributed by atoms with Gasteiger partial charge in [0, 0.05) is 5.56 Å². The second-order valence-electron chi connectivity index (χ2n) is 4.68. The van der Waals surface area contributed by atoms with Crippen LogP contribution in [0.25, 0.3) is 11.5 Å². The zero-order valence-corrected chi connectivity index (χ0v) is 11.5. The maximum atomic E-state index is 5.34. The highest BCUT2D eigenvalue weighted by atomic mass is 16.5. The molecule has 1 unspecified atom stereocenters. The fourth-order valence-corrected chi connectivity index (χ4v) is 2.37. The summed E-state index contributed by atoms with van der Waals surface area (Å²) in [6.45, 7) is 1.00. The Morgan fingerprint density at radius 2 is 2.10 bits per heavy atom. The average Bonchev–Trinajstić information content (AvgIpc) is 3.16. The molecule has 1 aromatic carbocycles. The lowest BCUT2D eigenvalue weighted by Gasteiger charge is -2.07. The molecule has 1 aliphatic heterocycles. The van der Waals surface area contributed by atoms with Crippen LogP contribution in [0.1, 0.15) is 24.7 Å². The van der Waals surface area contributed by atoms with Crippen LogP contribution in [0, 0.1) is 0 Å². The van der Waals surface area contributed by atoms with Crippen molar-refractivity contribution in [2.75, 3.05) is 20.8 Å². The minimum absolute atomic E-state index is 0.202. The first-order valence-corrected chi connectivity index (χ1v) is 6.61. The highest BCUT2D eigenvalue weighted by molar-refractivity contribution is 5.59. The second kappa shape index (κ2) is 5.50. The first-order valence-electron chi connectivity index (χ1n) is 6.61. The Morgan fingerprint density at radius 1 is 1.25 bits per heavy atom. The van der Waals surface area contributed by atoms with Crippen molar-refractivity contribution in [1.82, 2.24) is 15.5 Å². The van der Waals surface area contributed by atoms with Gasteiger partial charge < -0.3 is 19.3 Å². The Hall–Kier alpha value is -2.08. The van der Waals surface area contributed by atoms with Gasteiger partial charge >= 0.3 is 0 Å². The molecule has 1 fully saturated rings. The highest BCUT2D eigenvalue weighted by Crippen LogP contribution is 2.32. The van der Waals surface area contributed by atoms with Gasteiger partial charge in [-0.1, -0.05) is 5.16 Å². The van der Waals surface area contributed by atoms with Crippen molar-refractivity contribution in [1.29, 1.82) is 0 Å². The fourth-order valence-electron chi connectivity index (χ4n) is 2.37. The standard InChI is InChI=1S/C14H17N3O3/c1-18-11-6-5-9(8-12(11)19-2)14-16-13(17-20-14)10-4-3-7-15-10/h5-6,8,10,15H,3-4,7H2,1-2H3. The van der Waals surface area contributed by atoms with Gasteiger partial charge in [-0.05, 0) is 37.6 Å². The van der Waals surface area contributed by atoms with Crippen LogP contribution in [0.2, 0.25) is 0 Å². The molecule has 106 valence electrons. The number of nitrogens with one attached hydrogen (secondary N) is 1. The zero-order valence-electron chi connectivity index (χ0n) is 11.5. The summed E-state index contributed by atoms with van der Waals surface area (Å²) in [6, 6.07) is 5.73. The van der Waals surface area contributed by atoms with Gasteiger partial charge in [-0.2, -0.15) is 4.98 Å². The molecule has 0 radical (unpaired) electrons. The largest absolute Gasteiger partial charge is 0.493 e. The number of nitrogens with zero attached hydrogens (tertiary/aromatic N) is 2. The summed E-state index contributed by atoms with van der Waals surface area (Å²) in [4.78, 5) is 4.46. The SMILES string of the molecule is COc1ccc(-c2nc(C3CCCN3)no2)cc1OC. The summed E-state index contributed by atoms with van der Waals surface area (Å²) < 4.78 is 15.8. The molecule has 3 rings (SSSR count). The second-order valence-corrected chi connectivity index (χ2v) is 4.68. The number of methoxy groups -OCH3 is 2. The van der Waals surface area contributed by atoms with Crippen LogP contribution in [-0.2, 0) is 0 Å². The summed E-state index contributed by atoms with van der Waals surface area (Å²) in [6.07, 6.45) is 2.19. The van der Waals surface area contributed by atoms with Crippen molar-refractivity contribution in [3.63, 3.8) is 0 Å². The lowest BCUT2D eigenvalue weighted by molar-refractivity contribution is 0.354. The molecule has 20 heavy (non-hydrogen) atoms. The van der Waals surface area contributed by atoms with Gasteiger partial charge in [0.15, 0.2) is 17.3 Å². The van der Waals surface area contributed by atoms with E-state index in [1.165, 1.54) is 0 Å². The lowest BCUT2D eigenvalue weighted by atomic mass is 10.2. The van der Waals surface area contributed by atoms with Gasteiger partial charge in [0.25, 0.3) is 5.89 Å². The summed E-state index contributed by atoms with van der Waals surface area (Å²) in [5, 5.41) is 7.40. The number of aromatic nitrogens is 2. The summed E-state index contributed by atoms with van der Waals surface area (Å²) in [5.74, 6) is 2.53. The van der Waals surface area contributed by atoms with Crippen molar-refractivity contribution in [2.45, 2.75) is 18.9 Å². The molecule has 1 aliphatic rings. The molecule has 0 aliphatic carbocycles. The van der Waals surface area contributed by atoms with E-state index in [4.69, 9.17) is 14.0 Å². The van der Waals surface area contributed by atoms with Crippen molar-refractivity contribution in [2.24, 2.45) is 0 Å². The quantitative estimate of drug-likeness (QED) is 0.922. The summed E-state index contributed by atoms with van der Waals surface area (Å²) >= 11 is 0. The number of ether oxygens (including phenoxy) is 2. The molecule has 0 spiro atoms. The average molecular weight is 275 g/mol. The van der Waals surface area contributed by atoms with E-state index in [1.807, 2.05) is 18.2 Å². The third-order valence-corrected chi connectivity index (χ3v) is 3.44. The van der Waals surface area contributed by atoms with Crippen LogP contribution in [-0.4, -0.2) is 30.9 Å². The molecule has 0 bridgehead atoms. The molecular weight excluding hydrogens is 258 g/mol. The Labute approximate surface area is 117 Å². The predicted octanol–water partition coefficient (Wildman–Crippen LogP) is 2.18. The fraction of sp³-hybridized carbons (Fsp3) is 0.429. The van der Waals surface area contributed by atoms with Gasteiger partial charge in [-0.25, -0.2) is 0 Å². The van der Waals surface area contributed by atoms with Crippen molar-refractivity contribution in [3.05, 3.63) is 24.0 Å². The van der Waals surface area contributed by atoms with Crippen LogP contribution in [0.15, 0.2) is 22.7 Å². The number of hydrogen-bond donors (Lipinski definition) is 1. The molecule has 6 nitrogen and oxygen atoms in total. The predicted molar refractivity (Wildman–Crippen MR) is 72.8 cm³/mol.